The van der Waals surface area contributed by atoms with Gasteiger partial charge < -0.3 is 14.4 Å². The number of carbonyl (C=O) groups excluding carboxylic acids is 1. The molecule has 0 saturated carbocycles. The Balaban J connectivity index is 1.57. The van der Waals surface area contributed by atoms with E-state index in [9.17, 15) is 13.2 Å². The number of carbonyl (C=O) groups is 1. The first kappa shape index (κ1) is 21.9. The number of sulfone groups is 1. The number of piperidine rings is 1. The summed E-state index contributed by atoms with van der Waals surface area (Å²) >= 11 is 0. The minimum atomic E-state index is -3.24. The molecule has 0 bridgehead atoms. The normalized spacial score (nSPS) is 15.3. The summed E-state index contributed by atoms with van der Waals surface area (Å²) in [6, 6.07) is 14.6. The van der Waals surface area contributed by atoms with Crippen LogP contribution < -0.4 is 9.47 Å². The summed E-state index contributed by atoms with van der Waals surface area (Å²) in [5.41, 5.74) is 1.62. The van der Waals surface area contributed by atoms with Gasteiger partial charge in [0.25, 0.3) is 0 Å². The fourth-order valence-corrected chi connectivity index (χ4v) is 5.41. The molecule has 1 saturated heterocycles. The minimum absolute atomic E-state index is 0.0473. The molecule has 1 heterocycles. The van der Waals surface area contributed by atoms with Crippen LogP contribution in [0.4, 0.5) is 0 Å². The van der Waals surface area contributed by atoms with Crippen molar-refractivity contribution in [1.29, 1.82) is 0 Å². The molecule has 1 amide bonds. The largest absolute Gasteiger partial charge is 0.493 e. The molecule has 1 aliphatic rings. The van der Waals surface area contributed by atoms with Crippen LogP contribution in [-0.4, -0.2) is 51.8 Å². The molecular weight excluding hydrogens is 402 g/mol. The lowest BCUT2D eigenvalue weighted by Crippen LogP contribution is -2.42. The number of methoxy groups -OCH3 is 2. The van der Waals surface area contributed by atoms with Crippen LogP contribution in [0.5, 0.6) is 11.5 Å². The fourth-order valence-electron chi connectivity index (χ4n) is 3.59. The molecule has 0 unspecified atom stereocenters. The Labute approximate surface area is 178 Å². The van der Waals surface area contributed by atoms with Crippen molar-refractivity contribution in [2.75, 3.05) is 27.3 Å². The average molecular weight is 430 g/mol. The van der Waals surface area contributed by atoms with E-state index in [1.165, 1.54) is 6.08 Å². The predicted octanol–water partition coefficient (Wildman–Crippen LogP) is 3.32. The van der Waals surface area contributed by atoms with Crippen molar-refractivity contribution in [2.24, 2.45) is 0 Å². The lowest BCUT2D eigenvalue weighted by atomic mass is 10.1. The molecule has 1 fully saturated rings. The Morgan fingerprint density at radius 2 is 1.70 bits per heavy atom. The highest BCUT2D eigenvalue weighted by atomic mass is 32.2. The van der Waals surface area contributed by atoms with Gasteiger partial charge in [-0.1, -0.05) is 36.4 Å². The Bertz CT molecular complexity index is 994. The highest BCUT2D eigenvalue weighted by molar-refractivity contribution is 7.91. The third-order valence-electron chi connectivity index (χ3n) is 5.30. The minimum Gasteiger partial charge on any atom is -0.493 e. The van der Waals surface area contributed by atoms with Crippen molar-refractivity contribution >= 4 is 21.8 Å². The van der Waals surface area contributed by atoms with Crippen LogP contribution in [0.2, 0.25) is 0 Å². The number of benzene rings is 2. The number of ether oxygens (including phenoxy) is 2. The molecule has 2 aromatic carbocycles. The van der Waals surface area contributed by atoms with E-state index in [1.807, 2.05) is 36.4 Å². The second-order valence-corrected chi connectivity index (χ2v) is 9.55. The topological polar surface area (TPSA) is 72.9 Å². The van der Waals surface area contributed by atoms with Gasteiger partial charge in [-0.25, -0.2) is 8.42 Å². The van der Waals surface area contributed by atoms with Crippen molar-refractivity contribution in [3.63, 3.8) is 0 Å². The van der Waals surface area contributed by atoms with E-state index in [0.717, 1.165) is 11.1 Å². The molecule has 0 N–H and O–H groups in total. The highest BCUT2D eigenvalue weighted by Crippen LogP contribution is 2.28. The number of amides is 1. The Hall–Kier alpha value is -2.80. The van der Waals surface area contributed by atoms with Crippen molar-refractivity contribution in [2.45, 2.75) is 23.8 Å². The van der Waals surface area contributed by atoms with Crippen molar-refractivity contribution in [3.8, 4) is 11.5 Å². The number of nitrogens with zero attached hydrogens (tertiary/aromatic N) is 1. The van der Waals surface area contributed by atoms with Crippen LogP contribution in [0.25, 0.3) is 6.08 Å². The van der Waals surface area contributed by atoms with Crippen LogP contribution in [0.15, 0.2) is 54.6 Å². The van der Waals surface area contributed by atoms with Gasteiger partial charge in [-0.05, 0) is 42.2 Å². The molecule has 0 aliphatic carbocycles. The SMILES string of the molecule is COc1ccc(/C=C/C(=O)N2CCC(S(=O)(=O)Cc3ccccc3)CC2)cc1OC. The highest BCUT2D eigenvalue weighted by Gasteiger charge is 2.31. The first-order valence-electron chi connectivity index (χ1n) is 9.87. The van der Waals surface area contributed by atoms with Crippen molar-refractivity contribution in [1.82, 2.24) is 4.90 Å². The lowest BCUT2D eigenvalue weighted by Gasteiger charge is -2.31. The van der Waals surface area contributed by atoms with Gasteiger partial charge >= 0.3 is 0 Å². The van der Waals surface area contributed by atoms with Gasteiger partial charge in [0.05, 0.1) is 25.2 Å². The van der Waals surface area contributed by atoms with Gasteiger partial charge in [-0.2, -0.15) is 0 Å². The van der Waals surface area contributed by atoms with Gasteiger partial charge in [-0.3, -0.25) is 4.79 Å². The summed E-state index contributed by atoms with van der Waals surface area (Å²) in [5, 5.41) is -0.406. The second-order valence-electron chi connectivity index (χ2n) is 7.27. The van der Waals surface area contributed by atoms with E-state index in [0.29, 0.717) is 37.4 Å². The van der Waals surface area contributed by atoms with E-state index in [4.69, 9.17) is 9.47 Å². The zero-order valence-corrected chi connectivity index (χ0v) is 18.1. The molecule has 1 aliphatic heterocycles. The summed E-state index contributed by atoms with van der Waals surface area (Å²) in [5.74, 6) is 1.14. The fraction of sp³-hybridized carbons (Fsp3) is 0.348. The van der Waals surface area contributed by atoms with Crippen LogP contribution in [0.1, 0.15) is 24.0 Å². The molecule has 0 aromatic heterocycles. The summed E-state index contributed by atoms with van der Waals surface area (Å²) in [4.78, 5) is 14.2. The van der Waals surface area contributed by atoms with Crippen molar-refractivity contribution < 1.29 is 22.7 Å². The standard InChI is InChI=1S/C23H27NO5S/c1-28-21-10-8-18(16-22(21)29-2)9-11-23(25)24-14-12-20(13-15-24)30(26,27)17-19-6-4-3-5-7-19/h3-11,16,20H,12-15,17H2,1-2H3/b11-9+. The van der Waals surface area contributed by atoms with Gasteiger partial charge in [-0.15, -0.1) is 0 Å². The molecular formula is C23H27NO5S. The van der Waals surface area contributed by atoms with Crippen LogP contribution in [-0.2, 0) is 20.4 Å². The third-order valence-corrected chi connectivity index (χ3v) is 7.52. The Morgan fingerprint density at radius 1 is 1.03 bits per heavy atom. The van der Waals surface area contributed by atoms with Gasteiger partial charge in [0.2, 0.25) is 5.91 Å². The summed E-state index contributed by atoms with van der Waals surface area (Å²) in [6.07, 6.45) is 4.17. The zero-order valence-electron chi connectivity index (χ0n) is 17.3. The zero-order chi connectivity index (χ0) is 21.6. The molecule has 0 atom stereocenters. The van der Waals surface area contributed by atoms with Gasteiger partial charge in [0, 0.05) is 19.2 Å². The molecule has 0 radical (unpaired) electrons. The molecule has 7 heteroatoms. The van der Waals surface area contributed by atoms with Crippen LogP contribution in [0.3, 0.4) is 0 Å². The average Bonchev–Trinajstić information content (AvgIpc) is 2.77. The Morgan fingerprint density at radius 3 is 2.33 bits per heavy atom. The molecule has 0 spiro atoms. The van der Waals surface area contributed by atoms with Gasteiger partial charge in [0.15, 0.2) is 21.3 Å². The summed E-state index contributed by atoms with van der Waals surface area (Å²) in [6.45, 7) is 0.877. The second kappa shape index (κ2) is 9.80. The van der Waals surface area contributed by atoms with E-state index >= 15 is 0 Å². The van der Waals surface area contributed by atoms with E-state index in [-0.39, 0.29) is 11.7 Å². The number of likely N-dealkylation sites (tertiary alicyclic amines) is 1. The number of hydrogen-bond donors (Lipinski definition) is 0. The van der Waals surface area contributed by atoms with E-state index < -0.39 is 15.1 Å². The van der Waals surface area contributed by atoms with Crippen LogP contribution >= 0.6 is 0 Å². The Kier molecular flexibility index (Phi) is 7.15. The number of rotatable bonds is 7. The molecule has 160 valence electrons. The smallest absolute Gasteiger partial charge is 0.246 e. The van der Waals surface area contributed by atoms with Crippen LogP contribution in [0, 0.1) is 0 Å². The lowest BCUT2D eigenvalue weighted by molar-refractivity contribution is -0.126. The summed E-state index contributed by atoms with van der Waals surface area (Å²) < 4.78 is 35.9. The first-order chi connectivity index (χ1) is 14.4. The first-order valence-corrected chi connectivity index (χ1v) is 11.6. The maximum Gasteiger partial charge on any atom is 0.246 e. The molecule has 6 nitrogen and oxygen atoms in total. The predicted molar refractivity (Wildman–Crippen MR) is 117 cm³/mol. The molecule has 3 rings (SSSR count). The van der Waals surface area contributed by atoms with E-state index in [1.54, 1.807) is 37.3 Å². The van der Waals surface area contributed by atoms with Gasteiger partial charge in [0.1, 0.15) is 0 Å². The summed E-state index contributed by atoms with van der Waals surface area (Å²) in [7, 11) is -0.105. The quantitative estimate of drug-likeness (QED) is 0.632. The maximum absolute atomic E-state index is 12.7. The molecule has 30 heavy (non-hydrogen) atoms. The number of hydrogen-bond acceptors (Lipinski definition) is 5. The third kappa shape index (κ3) is 5.42. The molecule has 2 aromatic rings. The maximum atomic E-state index is 12.7. The van der Waals surface area contributed by atoms with E-state index in [2.05, 4.69) is 0 Å². The van der Waals surface area contributed by atoms with Crippen molar-refractivity contribution in [3.05, 3.63) is 65.7 Å². The monoisotopic (exact) mass is 429 g/mol.